The summed E-state index contributed by atoms with van der Waals surface area (Å²) in [6.45, 7) is 4.14. The number of fused-ring (bicyclic) bond motifs is 1. The van der Waals surface area contributed by atoms with E-state index < -0.39 is 0 Å². The predicted molar refractivity (Wildman–Crippen MR) is 42.9 cm³/mol. The summed E-state index contributed by atoms with van der Waals surface area (Å²) in [5.41, 5.74) is 1.53. The van der Waals surface area contributed by atoms with Crippen LogP contribution in [0.5, 0.6) is 0 Å². The third-order valence-corrected chi connectivity index (χ3v) is 2.23. The molecule has 0 saturated heterocycles. The summed E-state index contributed by atoms with van der Waals surface area (Å²) >= 11 is 0. The maximum Gasteiger partial charge on any atom is 0.168 e. The zero-order valence-electron chi connectivity index (χ0n) is 7.26. The quantitative estimate of drug-likeness (QED) is 0.589. The molecule has 1 aromatic rings. The van der Waals surface area contributed by atoms with Crippen molar-refractivity contribution in [3.63, 3.8) is 0 Å². The molecule has 0 aromatic carbocycles. The third-order valence-electron chi connectivity index (χ3n) is 2.23. The largest absolute Gasteiger partial charge is 0.364 e. The topological polar surface area (TPSA) is 43.1 Å². The molecule has 0 saturated carbocycles. The Balaban J connectivity index is 2.45. The van der Waals surface area contributed by atoms with Crippen molar-refractivity contribution in [2.45, 2.75) is 26.7 Å². The fourth-order valence-electron chi connectivity index (χ4n) is 1.66. The number of aromatic nitrogens is 1. The van der Waals surface area contributed by atoms with Gasteiger partial charge in [-0.05, 0) is 11.8 Å². The fraction of sp³-hybridized carbons (Fsp3) is 0.556. The van der Waals surface area contributed by atoms with Gasteiger partial charge in [0, 0.05) is 6.42 Å². The highest BCUT2D eigenvalue weighted by Crippen LogP contribution is 2.33. The van der Waals surface area contributed by atoms with Crippen molar-refractivity contribution in [1.29, 1.82) is 0 Å². The molecule has 3 heteroatoms. The number of hydrogen-bond acceptors (Lipinski definition) is 3. The number of ketones is 1. The average Bonchev–Trinajstić information content (AvgIpc) is 2.31. The Hall–Kier alpha value is -1.12. The Labute approximate surface area is 70.7 Å². The molecule has 0 spiro atoms. The van der Waals surface area contributed by atoms with E-state index in [9.17, 15) is 4.79 Å². The number of Topliss-reactive ketones (excluding diaryl/α,β-unsaturated/α-hetero) is 1. The van der Waals surface area contributed by atoms with E-state index in [4.69, 9.17) is 4.52 Å². The molecule has 0 amide bonds. The van der Waals surface area contributed by atoms with Gasteiger partial charge in [-0.3, -0.25) is 4.79 Å². The van der Waals surface area contributed by atoms with Gasteiger partial charge in [0.15, 0.2) is 5.78 Å². The second kappa shape index (κ2) is 2.19. The standard InChI is InChI=1S/C9H11NO2/c1-9(2)3-7-6(5-12-10-7)8(11)4-9/h5H,3-4H2,1-2H3. The molecule has 1 aromatic heterocycles. The molecule has 1 aliphatic rings. The summed E-state index contributed by atoms with van der Waals surface area (Å²) in [7, 11) is 0. The summed E-state index contributed by atoms with van der Waals surface area (Å²) in [4.78, 5) is 11.5. The molecule has 12 heavy (non-hydrogen) atoms. The molecule has 1 heterocycles. The zero-order valence-corrected chi connectivity index (χ0v) is 7.26. The first-order valence-corrected chi connectivity index (χ1v) is 4.05. The van der Waals surface area contributed by atoms with E-state index in [0.717, 1.165) is 12.1 Å². The second-order valence-electron chi connectivity index (χ2n) is 4.12. The maximum atomic E-state index is 11.5. The highest BCUT2D eigenvalue weighted by Gasteiger charge is 2.33. The van der Waals surface area contributed by atoms with Crippen molar-refractivity contribution < 1.29 is 9.32 Å². The van der Waals surface area contributed by atoms with Crippen LogP contribution < -0.4 is 0 Å². The Morgan fingerprint density at radius 3 is 3.00 bits per heavy atom. The average molecular weight is 165 g/mol. The first-order valence-electron chi connectivity index (χ1n) is 4.05. The molecule has 0 fully saturated rings. The lowest BCUT2D eigenvalue weighted by Gasteiger charge is -2.26. The highest BCUT2D eigenvalue weighted by atomic mass is 16.5. The Morgan fingerprint density at radius 2 is 2.25 bits per heavy atom. The van der Waals surface area contributed by atoms with Crippen LogP contribution >= 0.6 is 0 Å². The summed E-state index contributed by atoms with van der Waals surface area (Å²) in [6.07, 6.45) is 2.89. The summed E-state index contributed by atoms with van der Waals surface area (Å²) in [5, 5.41) is 3.81. The molecule has 3 nitrogen and oxygen atoms in total. The van der Waals surface area contributed by atoms with E-state index in [0.29, 0.717) is 12.0 Å². The molecule has 0 N–H and O–H groups in total. The first kappa shape index (κ1) is 7.53. The van der Waals surface area contributed by atoms with E-state index >= 15 is 0 Å². The van der Waals surface area contributed by atoms with E-state index in [2.05, 4.69) is 19.0 Å². The summed E-state index contributed by atoms with van der Waals surface area (Å²) < 4.78 is 4.76. The van der Waals surface area contributed by atoms with Crippen molar-refractivity contribution in [1.82, 2.24) is 5.16 Å². The Bertz CT molecular complexity index is 325. The molecular weight excluding hydrogens is 154 g/mol. The van der Waals surface area contributed by atoms with Crippen molar-refractivity contribution >= 4 is 5.78 Å². The minimum Gasteiger partial charge on any atom is -0.364 e. The number of carbonyl (C=O) groups is 1. The minimum absolute atomic E-state index is 0.0426. The summed E-state index contributed by atoms with van der Waals surface area (Å²) in [5.74, 6) is 0.155. The molecule has 0 bridgehead atoms. The van der Waals surface area contributed by atoms with Crippen molar-refractivity contribution in [2.24, 2.45) is 5.41 Å². The molecule has 64 valence electrons. The van der Waals surface area contributed by atoms with Gasteiger partial charge in [0.1, 0.15) is 6.26 Å². The van der Waals surface area contributed by atoms with Crippen LogP contribution in [0.15, 0.2) is 10.8 Å². The lowest BCUT2D eigenvalue weighted by atomic mass is 9.76. The lowest BCUT2D eigenvalue weighted by Crippen LogP contribution is -2.26. The van der Waals surface area contributed by atoms with Gasteiger partial charge in [0.25, 0.3) is 0 Å². The van der Waals surface area contributed by atoms with Crippen LogP contribution in [0, 0.1) is 5.41 Å². The van der Waals surface area contributed by atoms with Crippen molar-refractivity contribution in [2.75, 3.05) is 0 Å². The normalized spacial score (nSPS) is 20.7. The fourth-order valence-corrected chi connectivity index (χ4v) is 1.66. The van der Waals surface area contributed by atoms with E-state index in [1.165, 1.54) is 6.26 Å². The van der Waals surface area contributed by atoms with Gasteiger partial charge < -0.3 is 4.52 Å². The van der Waals surface area contributed by atoms with Crippen LogP contribution in [0.25, 0.3) is 0 Å². The Kier molecular flexibility index (Phi) is 1.37. The molecule has 1 aliphatic carbocycles. The molecule has 0 unspecified atom stereocenters. The van der Waals surface area contributed by atoms with E-state index in [1.54, 1.807) is 0 Å². The van der Waals surface area contributed by atoms with Crippen molar-refractivity contribution in [3.8, 4) is 0 Å². The van der Waals surface area contributed by atoms with Crippen LogP contribution in [0.3, 0.4) is 0 Å². The van der Waals surface area contributed by atoms with Crippen LogP contribution in [-0.2, 0) is 6.42 Å². The van der Waals surface area contributed by atoms with Crippen LogP contribution in [0.4, 0.5) is 0 Å². The van der Waals surface area contributed by atoms with Gasteiger partial charge in [0.05, 0.1) is 11.3 Å². The molecular formula is C9H11NO2. The molecule has 0 radical (unpaired) electrons. The number of rotatable bonds is 0. The molecule has 0 atom stereocenters. The number of hydrogen-bond donors (Lipinski definition) is 0. The third kappa shape index (κ3) is 1.05. The van der Waals surface area contributed by atoms with Crippen LogP contribution in [0.1, 0.15) is 36.3 Å². The summed E-state index contributed by atoms with van der Waals surface area (Å²) in [6, 6.07) is 0. The monoisotopic (exact) mass is 165 g/mol. The number of carbonyl (C=O) groups excluding carboxylic acids is 1. The molecule has 0 aliphatic heterocycles. The van der Waals surface area contributed by atoms with Gasteiger partial charge in [-0.2, -0.15) is 0 Å². The van der Waals surface area contributed by atoms with Gasteiger partial charge in [0.2, 0.25) is 0 Å². The van der Waals surface area contributed by atoms with Crippen molar-refractivity contribution in [3.05, 3.63) is 17.5 Å². The smallest absolute Gasteiger partial charge is 0.168 e. The SMILES string of the molecule is CC1(C)CC(=O)c2conc2C1. The Morgan fingerprint density at radius 1 is 1.50 bits per heavy atom. The van der Waals surface area contributed by atoms with Crippen LogP contribution in [0.2, 0.25) is 0 Å². The predicted octanol–water partition coefficient (Wildman–Crippen LogP) is 1.83. The van der Waals surface area contributed by atoms with Crippen LogP contribution in [-0.4, -0.2) is 10.9 Å². The second-order valence-corrected chi connectivity index (χ2v) is 4.12. The molecule has 2 rings (SSSR count). The maximum absolute atomic E-state index is 11.5. The van der Waals surface area contributed by atoms with Gasteiger partial charge in [-0.1, -0.05) is 19.0 Å². The number of nitrogens with zero attached hydrogens (tertiary/aromatic N) is 1. The first-order chi connectivity index (χ1) is 5.58. The highest BCUT2D eigenvalue weighted by molar-refractivity contribution is 5.98. The van der Waals surface area contributed by atoms with E-state index in [-0.39, 0.29) is 11.2 Å². The van der Waals surface area contributed by atoms with Gasteiger partial charge in [-0.25, -0.2) is 0 Å². The minimum atomic E-state index is 0.0426. The van der Waals surface area contributed by atoms with Gasteiger partial charge in [-0.15, -0.1) is 0 Å². The van der Waals surface area contributed by atoms with Gasteiger partial charge >= 0.3 is 0 Å². The van der Waals surface area contributed by atoms with E-state index in [1.807, 2.05) is 0 Å². The lowest BCUT2D eigenvalue weighted by molar-refractivity contribution is 0.0912. The zero-order chi connectivity index (χ0) is 8.77.